The molecule has 2 aromatic heterocycles. The van der Waals surface area contributed by atoms with Gasteiger partial charge in [0.05, 0.1) is 5.69 Å². The average Bonchev–Trinajstić information content (AvgIpc) is 3.31. The maximum Gasteiger partial charge on any atom is 0.132 e. The molecule has 1 aliphatic rings. The summed E-state index contributed by atoms with van der Waals surface area (Å²) in [6, 6.07) is 22.8. The third-order valence-electron chi connectivity index (χ3n) is 5.72. The van der Waals surface area contributed by atoms with Gasteiger partial charge in [-0.15, -0.1) is 10.2 Å². The van der Waals surface area contributed by atoms with Crippen LogP contribution in [0.15, 0.2) is 79.3 Å². The molecule has 0 saturated heterocycles. The summed E-state index contributed by atoms with van der Waals surface area (Å²) in [5.41, 5.74) is 4.58. The molecule has 5 rings (SSSR count). The maximum atomic E-state index is 5.89. The molecule has 6 heteroatoms. The first kappa shape index (κ1) is 19.3. The van der Waals surface area contributed by atoms with Gasteiger partial charge >= 0.3 is 0 Å². The number of fused-ring (bicyclic) bond motifs is 1. The van der Waals surface area contributed by atoms with E-state index in [2.05, 4.69) is 61.5 Å². The number of rotatable bonds is 7. The molecule has 1 unspecified atom stereocenters. The molecular formula is C25H25N5O. The minimum absolute atomic E-state index is 0.469. The molecule has 0 fully saturated rings. The first-order chi connectivity index (χ1) is 15.3. The molecule has 31 heavy (non-hydrogen) atoms. The number of anilines is 1. The average molecular weight is 412 g/mol. The van der Waals surface area contributed by atoms with Crippen molar-refractivity contribution in [3.63, 3.8) is 0 Å². The fourth-order valence-corrected chi connectivity index (χ4v) is 3.99. The lowest BCUT2D eigenvalue weighted by Gasteiger charge is -2.23. The van der Waals surface area contributed by atoms with Crippen molar-refractivity contribution in [2.45, 2.75) is 38.5 Å². The van der Waals surface area contributed by atoms with Gasteiger partial charge in [-0.25, -0.2) is 0 Å². The third-order valence-corrected chi connectivity index (χ3v) is 5.72. The summed E-state index contributed by atoms with van der Waals surface area (Å²) in [7, 11) is 0. The Morgan fingerprint density at radius 2 is 1.97 bits per heavy atom. The lowest BCUT2D eigenvalue weighted by Crippen LogP contribution is -2.18. The van der Waals surface area contributed by atoms with Crippen molar-refractivity contribution < 1.29 is 4.74 Å². The van der Waals surface area contributed by atoms with E-state index in [0.717, 1.165) is 48.9 Å². The summed E-state index contributed by atoms with van der Waals surface area (Å²) in [6.07, 6.45) is 5.73. The Hall–Kier alpha value is -3.67. The molecule has 0 radical (unpaired) electrons. The van der Waals surface area contributed by atoms with Crippen LogP contribution in [0.3, 0.4) is 0 Å². The zero-order valence-corrected chi connectivity index (χ0v) is 17.3. The monoisotopic (exact) mass is 411 g/mol. The van der Waals surface area contributed by atoms with Gasteiger partial charge in [-0.2, -0.15) is 0 Å². The number of pyridine rings is 1. The van der Waals surface area contributed by atoms with Crippen molar-refractivity contribution >= 4 is 5.69 Å². The number of benzene rings is 2. The van der Waals surface area contributed by atoms with Crippen LogP contribution >= 0.6 is 0 Å². The van der Waals surface area contributed by atoms with E-state index in [4.69, 9.17) is 4.74 Å². The Morgan fingerprint density at radius 3 is 2.84 bits per heavy atom. The molecule has 0 aliphatic carbocycles. The van der Waals surface area contributed by atoms with Gasteiger partial charge in [-0.3, -0.25) is 4.98 Å². The normalized spacial score (nSPS) is 15.3. The predicted octanol–water partition coefficient (Wildman–Crippen LogP) is 4.59. The van der Waals surface area contributed by atoms with Gasteiger partial charge in [0.1, 0.15) is 24.5 Å². The Labute approximate surface area is 181 Å². The fourth-order valence-electron chi connectivity index (χ4n) is 3.99. The molecule has 4 aromatic rings. The van der Waals surface area contributed by atoms with E-state index < -0.39 is 0 Å². The predicted molar refractivity (Wildman–Crippen MR) is 120 cm³/mol. The van der Waals surface area contributed by atoms with Crippen molar-refractivity contribution in [2.24, 2.45) is 0 Å². The van der Waals surface area contributed by atoms with Crippen LogP contribution < -0.4 is 10.1 Å². The first-order valence-corrected chi connectivity index (χ1v) is 10.7. The highest BCUT2D eigenvalue weighted by molar-refractivity contribution is 5.46. The number of nitrogens with zero attached hydrogens (tertiary/aromatic N) is 4. The zero-order chi connectivity index (χ0) is 20.9. The second-order valence-electron chi connectivity index (χ2n) is 7.87. The van der Waals surface area contributed by atoms with Crippen LogP contribution in [0, 0.1) is 0 Å². The second-order valence-corrected chi connectivity index (χ2v) is 7.87. The molecule has 0 spiro atoms. The van der Waals surface area contributed by atoms with Gasteiger partial charge in [0, 0.05) is 37.3 Å². The molecule has 1 N–H and O–H groups in total. The van der Waals surface area contributed by atoms with Gasteiger partial charge in [-0.05, 0) is 53.9 Å². The van der Waals surface area contributed by atoms with Crippen molar-refractivity contribution in [1.29, 1.82) is 0 Å². The maximum absolute atomic E-state index is 5.89. The fraction of sp³-hybridized carbons (Fsp3) is 0.240. The number of hydrogen-bond donors (Lipinski definition) is 1. The Balaban J connectivity index is 1.16. The van der Waals surface area contributed by atoms with Crippen molar-refractivity contribution in [3.05, 3.63) is 102 Å². The first-order valence-electron chi connectivity index (χ1n) is 10.7. The number of nitrogens with one attached hydrogen (secondary N) is 1. The summed E-state index contributed by atoms with van der Waals surface area (Å²) in [5, 5.41) is 11.7. The van der Waals surface area contributed by atoms with Gasteiger partial charge in [-0.1, -0.05) is 30.3 Å². The highest BCUT2D eigenvalue weighted by atomic mass is 16.5. The molecule has 156 valence electrons. The van der Waals surface area contributed by atoms with E-state index in [1.165, 1.54) is 11.1 Å². The number of hydrogen-bond acceptors (Lipinski definition) is 5. The van der Waals surface area contributed by atoms with E-state index in [1.807, 2.05) is 36.7 Å². The van der Waals surface area contributed by atoms with Gasteiger partial charge < -0.3 is 14.6 Å². The standard InChI is InChI=1S/C25H25N5O/c1-2-13-26-23(5-1)17-31-24-6-3-4-19(14-24)15-27-22-10-7-20(8-11-22)21-9-12-25-29-28-18-30(25)16-21/h1-8,10-11,13-14,18,21,27H,9,12,15-17H2. The molecule has 0 saturated carbocycles. The number of ether oxygens (including phenoxy) is 1. The third kappa shape index (κ3) is 4.74. The molecule has 3 heterocycles. The van der Waals surface area contributed by atoms with E-state index in [9.17, 15) is 0 Å². The van der Waals surface area contributed by atoms with E-state index in [-0.39, 0.29) is 0 Å². The Morgan fingerprint density at radius 1 is 1.03 bits per heavy atom. The van der Waals surface area contributed by atoms with E-state index in [1.54, 1.807) is 6.20 Å². The summed E-state index contributed by atoms with van der Waals surface area (Å²) in [4.78, 5) is 4.30. The molecule has 1 aliphatic heterocycles. The summed E-state index contributed by atoms with van der Waals surface area (Å²) in [5.74, 6) is 2.47. The van der Waals surface area contributed by atoms with Crippen LogP contribution in [0.4, 0.5) is 5.69 Å². The van der Waals surface area contributed by atoms with E-state index >= 15 is 0 Å². The Kier molecular flexibility index (Phi) is 5.60. The van der Waals surface area contributed by atoms with Crippen LogP contribution in [0.2, 0.25) is 0 Å². The molecule has 0 amide bonds. The topological polar surface area (TPSA) is 64.9 Å². The lowest BCUT2D eigenvalue weighted by atomic mass is 9.91. The number of aryl methyl sites for hydroxylation is 1. The second kappa shape index (κ2) is 9.00. The van der Waals surface area contributed by atoms with Crippen LogP contribution in [0.5, 0.6) is 5.75 Å². The van der Waals surface area contributed by atoms with Crippen LogP contribution in [0.1, 0.15) is 35.0 Å². The van der Waals surface area contributed by atoms with Gasteiger partial charge in [0.2, 0.25) is 0 Å². The van der Waals surface area contributed by atoms with Crippen molar-refractivity contribution in [3.8, 4) is 5.75 Å². The summed E-state index contributed by atoms with van der Waals surface area (Å²) >= 11 is 0. The highest BCUT2D eigenvalue weighted by Gasteiger charge is 2.20. The summed E-state index contributed by atoms with van der Waals surface area (Å²) < 4.78 is 8.06. The molecular weight excluding hydrogens is 386 g/mol. The quantitative estimate of drug-likeness (QED) is 0.482. The number of aromatic nitrogens is 4. The van der Waals surface area contributed by atoms with Crippen LogP contribution in [0.25, 0.3) is 0 Å². The Bertz CT molecular complexity index is 1120. The summed E-state index contributed by atoms with van der Waals surface area (Å²) in [6.45, 7) is 2.17. The SMILES string of the molecule is c1ccc(COc2cccc(CNc3ccc(C4CCc5nncn5C4)cc3)c2)nc1. The highest BCUT2D eigenvalue weighted by Crippen LogP contribution is 2.28. The minimum atomic E-state index is 0.469. The van der Waals surface area contributed by atoms with Crippen molar-refractivity contribution in [2.75, 3.05) is 5.32 Å². The zero-order valence-electron chi connectivity index (χ0n) is 17.3. The van der Waals surface area contributed by atoms with Crippen LogP contribution in [-0.2, 0) is 26.1 Å². The largest absolute Gasteiger partial charge is 0.487 e. The molecule has 1 atom stereocenters. The lowest BCUT2D eigenvalue weighted by molar-refractivity contribution is 0.301. The molecule has 2 aromatic carbocycles. The smallest absolute Gasteiger partial charge is 0.132 e. The molecule has 0 bridgehead atoms. The molecule has 6 nitrogen and oxygen atoms in total. The van der Waals surface area contributed by atoms with Gasteiger partial charge in [0.25, 0.3) is 0 Å². The van der Waals surface area contributed by atoms with E-state index in [0.29, 0.717) is 12.5 Å². The van der Waals surface area contributed by atoms with Crippen LogP contribution in [-0.4, -0.2) is 19.7 Å². The van der Waals surface area contributed by atoms with Crippen molar-refractivity contribution in [1.82, 2.24) is 19.7 Å². The van der Waals surface area contributed by atoms with Gasteiger partial charge in [0.15, 0.2) is 0 Å². The minimum Gasteiger partial charge on any atom is -0.487 e.